The average molecular weight is 537 g/mol. The van der Waals surface area contributed by atoms with Crippen molar-refractivity contribution in [3.63, 3.8) is 0 Å². The first kappa shape index (κ1) is 26.4. The molecule has 4 rings (SSSR count). The molecule has 3 aromatic rings. The molecule has 2 aromatic carbocycles. The van der Waals surface area contributed by atoms with Crippen molar-refractivity contribution in [3.8, 4) is 5.75 Å². The van der Waals surface area contributed by atoms with E-state index in [1.54, 1.807) is 20.0 Å². The van der Waals surface area contributed by atoms with Gasteiger partial charge in [0.15, 0.2) is 0 Å². The van der Waals surface area contributed by atoms with Crippen LogP contribution >= 0.6 is 7.60 Å². The molecule has 0 saturated heterocycles. The van der Waals surface area contributed by atoms with Crippen molar-refractivity contribution < 1.29 is 37.1 Å². The molecule has 0 atom stereocenters. The minimum absolute atomic E-state index is 0.143. The molecule has 0 bridgehead atoms. The number of alkyl halides is 3. The Morgan fingerprint density at radius 1 is 1.14 bits per heavy atom. The summed E-state index contributed by atoms with van der Waals surface area (Å²) in [5.41, 5.74) is 0.555. The van der Waals surface area contributed by atoms with Crippen LogP contribution in [0.5, 0.6) is 5.75 Å². The van der Waals surface area contributed by atoms with Crippen molar-refractivity contribution in [2.24, 2.45) is 0 Å². The number of aromatic nitrogens is 2. The Morgan fingerprint density at radius 2 is 1.84 bits per heavy atom. The van der Waals surface area contributed by atoms with Crippen LogP contribution in [0.1, 0.15) is 34.0 Å². The van der Waals surface area contributed by atoms with Crippen LogP contribution in [-0.4, -0.2) is 44.2 Å². The highest BCUT2D eigenvalue weighted by Gasteiger charge is 2.37. The van der Waals surface area contributed by atoms with Gasteiger partial charge in [-0.2, -0.15) is 18.2 Å². The van der Waals surface area contributed by atoms with Gasteiger partial charge in [-0.25, -0.2) is 4.98 Å². The highest BCUT2D eigenvalue weighted by atomic mass is 31.2. The van der Waals surface area contributed by atoms with Gasteiger partial charge >= 0.3 is 13.8 Å². The molecular formula is C23H23F3N5O5P. The van der Waals surface area contributed by atoms with Crippen LogP contribution < -0.4 is 15.4 Å². The van der Waals surface area contributed by atoms with E-state index >= 15 is 0 Å². The molecule has 1 amide bonds. The molecular weight excluding hydrogens is 514 g/mol. The molecule has 0 spiro atoms. The summed E-state index contributed by atoms with van der Waals surface area (Å²) in [4.78, 5) is 40.2. The standard InChI is InChI=1S/C23H23F3N5O5P/c1-3-36-18-9-8-17(19-15(18)11-31(2)21(19)32)29-20-16(23(24,25)26)10-27-22(30-20)28-14-6-4-13(5-7-14)12-37(33,34)35/h4-10H,3,11-12H2,1-2H3,(H2,33,34,35)(H2,27,28,29,30). The van der Waals surface area contributed by atoms with Crippen molar-refractivity contribution in [1.29, 1.82) is 0 Å². The van der Waals surface area contributed by atoms with Crippen LogP contribution in [0.15, 0.2) is 42.6 Å². The van der Waals surface area contributed by atoms with Gasteiger partial charge in [0.1, 0.15) is 17.1 Å². The second-order valence-corrected chi connectivity index (χ2v) is 9.93. The number of fused-ring (bicyclic) bond motifs is 1. The fourth-order valence-electron chi connectivity index (χ4n) is 3.86. The molecule has 0 aliphatic carbocycles. The van der Waals surface area contributed by atoms with E-state index < -0.39 is 31.3 Å². The molecule has 0 fully saturated rings. The van der Waals surface area contributed by atoms with E-state index in [2.05, 4.69) is 20.6 Å². The summed E-state index contributed by atoms with van der Waals surface area (Å²) in [6, 6.07) is 8.98. The highest BCUT2D eigenvalue weighted by Crippen LogP contribution is 2.41. The Hall–Kier alpha value is -3.67. The smallest absolute Gasteiger partial charge is 0.421 e. The van der Waals surface area contributed by atoms with Crippen LogP contribution in [0, 0.1) is 0 Å². The van der Waals surface area contributed by atoms with Crippen LogP contribution in [0.25, 0.3) is 0 Å². The van der Waals surface area contributed by atoms with Crippen molar-refractivity contribution in [2.75, 3.05) is 24.3 Å². The van der Waals surface area contributed by atoms with E-state index in [1.807, 2.05) is 0 Å². The minimum Gasteiger partial charge on any atom is -0.493 e. The number of nitrogens with one attached hydrogen (secondary N) is 2. The number of rotatable bonds is 8. The Balaban J connectivity index is 1.67. The van der Waals surface area contributed by atoms with E-state index in [0.717, 1.165) is 0 Å². The Morgan fingerprint density at radius 3 is 2.46 bits per heavy atom. The monoisotopic (exact) mass is 537 g/mol. The zero-order valence-electron chi connectivity index (χ0n) is 19.7. The molecule has 0 radical (unpaired) electrons. The summed E-state index contributed by atoms with van der Waals surface area (Å²) >= 11 is 0. The summed E-state index contributed by atoms with van der Waals surface area (Å²) in [5, 5.41) is 5.43. The van der Waals surface area contributed by atoms with Crippen LogP contribution in [0.4, 0.5) is 36.3 Å². The average Bonchev–Trinajstić information content (AvgIpc) is 3.10. The first-order chi connectivity index (χ1) is 17.4. The number of halogens is 3. The lowest BCUT2D eigenvalue weighted by Gasteiger charge is -2.17. The lowest BCUT2D eigenvalue weighted by atomic mass is 10.1. The fraction of sp³-hybridized carbons (Fsp3) is 0.261. The van der Waals surface area contributed by atoms with Gasteiger partial charge < -0.3 is 30.1 Å². The highest BCUT2D eigenvalue weighted by molar-refractivity contribution is 7.50. The number of anilines is 4. The number of hydrogen-bond donors (Lipinski definition) is 4. The first-order valence-electron chi connectivity index (χ1n) is 11.0. The molecule has 0 saturated carbocycles. The SMILES string of the molecule is CCOc1ccc(Nc2nc(Nc3ccc(CP(=O)(O)O)cc3)ncc2C(F)(F)F)c2c1CN(C)C2=O. The molecule has 1 aliphatic rings. The maximum Gasteiger partial charge on any atom is 0.421 e. The van der Waals surface area contributed by atoms with Gasteiger partial charge in [-0.05, 0) is 36.8 Å². The number of carbonyl (C=O) groups is 1. The molecule has 10 nitrogen and oxygen atoms in total. The predicted molar refractivity (Wildman–Crippen MR) is 129 cm³/mol. The number of benzene rings is 2. The van der Waals surface area contributed by atoms with Crippen LogP contribution in [-0.2, 0) is 23.4 Å². The number of hydrogen-bond acceptors (Lipinski definition) is 7. The normalized spacial score (nSPS) is 13.5. The largest absolute Gasteiger partial charge is 0.493 e. The van der Waals surface area contributed by atoms with E-state index in [9.17, 15) is 22.5 Å². The van der Waals surface area contributed by atoms with Crippen molar-refractivity contribution >= 4 is 36.6 Å². The first-order valence-corrected chi connectivity index (χ1v) is 12.8. The van der Waals surface area contributed by atoms with Gasteiger partial charge in [0.05, 0.1) is 30.6 Å². The number of nitrogens with zero attached hydrogens (tertiary/aromatic N) is 3. The number of ether oxygens (including phenoxy) is 1. The van der Waals surface area contributed by atoms with Crippen LogP contribution in [0.3, 0.4) is 0 Å². The third kappa shape index (κ3) is 6.01. The molecule has 1 aliphatic heterocycles. The topological polar surface area (TPSA) is 137 Å². The van der Waals surface area contributed by atoms with Crippen LogP contribution in [0.2, 0.25) is 0 Å². The van der Waals surface area contributed by atoms with E-state index in [4.69, 9.17) is 14.5 Å². The molecule has 0 unspecified atom stereocenters. The third-order valence-corrected chi connectivity index (χ3v) is 6.25. The van der Waals surface area contributed by atoms with Gasteiger partial charge in [-0.1, -0.05) is 12.1 Å². The zero-order valence-corrected chi connectivity index (χ0v) is 20.6. The summed E-state index contributed by atoms with van der Waals surface area (Å²) in [6.45, 7) is 2.39. The molecule has 37 heavy (non-hydrogen) atoms. The van der Waals surface area contributed by atoms with Gasteiger partial charge in [0.25, 0.3) is 5.91 Å². The lowest BCUT2D eigenvalue weighted by molar-refractivity contribution is -0.137. The molecule has 1 aromatic heterocycles. The molecule has 2 heterocycles. The summed E-state index contributed by atoms with van der Waals surface area (Å²) in [6.07, 6.45) is -4.60. The molecule has 196 valence electrons. The Kier molecular flexibility index (Phi) is 7.13. The maximum absolute atomic E-state index is 13.8. The van der Waals surface area contributed by atoms with Gasteiger partial charge in [0, 0.05) is 24.5 Å². The van der Waals surface area contributed by atoms with Gasteiger partial charge in [-0.3, -0.25) is 9.36 Å². The second kappa shape index (κ2) is 10.0. The Labute approximate surface area is 209 Å². The summed E-state index contributed by atoms with van der Waals surface area (Å²) in [7, 11) is -2.66. The number of carbonyl (C=O) groups excluding carboxylic acids is 1. The maximum atomic E-state index is 13.8. The zero-order chi connectivity index (χ0) is 27.0. The second-order valence-electron chi connectivity index (χ2n) is 8.28. The third-order valence-electron chi connectivity index (χ3n) is 5.47. The summed E-state index contributed by atoms with van der Waals surface area (Å²) in [5.74, 6) is -0.611. The van der Waals surface area contributed by atoms with Gasteiger partial charge in [0.2, 0.25) is 5.95 Å². The predicted octanol–water partition coefficient (Wildman–Crippen LogP) is 4.64. The molecule has 4 N–H and O–H groups in total. The quantitative estimate of drug-likeness (QED) is 0.303. The Bertz CT molecular complexity index is 1380. The molecule has 14 heteroatoms. The number of amides is 1. The summed E-state index contributed by atoms with van der Waals surface area (Å²) < 4.78 is 58.1. The van der Waals surface area contributed by atoms with Crippen molar-refractivity contribution in [1.82, 2.24) is 14.9 Å². The van der Waals surface area contributed by atoms with Gasteiger partial charge in [-0.15, -0.1) is 0 Å². The lowest BCUT2D eigenvalue weighted by Crippen LogP contribution is -2.18. The van der Waals surface area contributed by atoms with E-state index in [0.29, 0.717) is 35.4 Å². The van der Waals surface area contributed by atoms with Crippen molar-refractivity contribution in [3.05, 3.63) is 64.8 Å². The van der Waals surface area contributed by atoms with E-state index in [-0.39, 0.29) is 29.7 Å². The van der Waals surface area contributed by atoms with E-state index in [1.165, 1.54) is 35.2 Å². The minimum atomic E-state index is -4.78. The van der Waals surface area contributed by atoms with Crippen molar-refractivity contribution in [2.45, 2.75) is 25.8 Å². The fourth-order valence-corrected chi connectivity index (χ4v) is 4.54.